The van der Waals surface area contributed by atoms with E-state index in [-0.39, 0.29) is 12.0 Å². The first kappa shape index (κ1) is 14.7. The maximum Gasteiger partial charge on any atom is 0.253 e. The zero-order valence-corrected chi connectivity index (χ0v) is 12.3. The molecular formula is C15H23N3O2. The lowest BCUT2D eigenvalue weighted by Crippen LogP contribution is -2.32. The van der Waals surface area contributed by atoms with Crippen molar-refractivity contribution in [1.29, 1.82) is 0 Å². The summed E-state index contributed by atoms with van der Waals surface area (Å²) in [5.74, 6) is -0.0200. The number of nitrogens with one attached hydrogen (secondary N) is 1. The smallest absolute Gasteiger partial charge is 0.253 e. The van der Waals surface area contributed by atoms with E-state index >= 15 is 0 Å². The summed E-state index contributed by atoms with van der Waals surface area (Å²) >= 11 is 0. The summed E-state index contributed by atoms with van der Waals surface area (Å²) < 4.78 is 5.54. The largest absolute Gasteiger partial charge is 0.397 e. The third-order valence-corrected chi connectivity index (χ3v) is 3.55. The molecule has 1 aromatic carbocycles. The molecular weight excluding hydrogens is 254 g/mol. The Morgan fingerprint density at radius 2 is 2.20 bits per heavy atom. The topological polar surface area (TPSA) is 67.6 Å². The Morgan fingerprint density at radius 1 is 1.45 bits per heavy atom. The molecule has 5 heteroatoms. The minimum absolute atomic E-state index is 0.0200. The highest BCUT2D eigenvalue weighted by Gasteiger charge is 2.20. The van der Waals surface area contributed by atoms with Crippen LogP contribution in [0.3, 0.4) is 0 Å². The molecule has 2 unspecified atom stereocenters. The second-order valence-corrected chi connectivity index (χ2v) is 5.55. The molecule has 1 aliphatic rings. The molecule has 1 fully saturated rings. The van der Waals surface area contributed by atoms with Crippen LogP contribution in [0, 0.1) is 0 Å². The molecule has 1 heterocycles. The number of carbonyl (C=O) groups excluding carboxylic acids is 1. The van der Waals surface area contributed by atoms with Crippen LogP contribution in [-0.2, 0) is 4.74 Å². The molecule has 0 aromatic heterocycles. The van der Waals surface area contributed by atoms with Crippen LogP contribution in [0.5, 0.6) is 0 Å². The minimum Gasteiger partial charge on any atom is -0.397 e. The molecule has 0 bridgehead atoms. The van der Waals surface area contributed by atoms with Crippen LogP contribution in [0.25, 0.3) is 0 Å². The van der Waals surface area contributed by atoms with Crippen molar-refractivity contribution in [3.8, 4) is 0 Å². The number of nitrogen functional groups attached to an aromatic ring is 1. The number of ether oxygens (including phenoxy) is 1. The van der Waals surface area contributed by atoms with Crippen molar-refractivity contribution in [2.45, 2.75) is 31.9 Å². The number of hydrogen-bond donors (Lipinski definition) is 2. The lowest BCUT2D eigenvalue weighted by Gasteiger charge is -2.29. The number of rotatable bonds is 3. The second kappa shape index (κ2) is 6.13. The van der Waals surface area contributed by atoms with Crippen LogP contribution in [0.15, 0.2) is 18.2 Å². The van der Waals surface area contributed by atoms with Crippen LogP contribution in [0.4, 0.5) is 11.4 Å². The summed E-state index contributed by atoms with van der Waals surface area (Å²) in [5, 5.41) is 3.44. The van der Waals surface area contributed by atoms with Crippen molar-refractivity contribution in [3.05, 3.63) is 23.8 Å². The third kappa shape index (κ3) is 3.42. The Bertz CT molecular complexity index is 488. The SMILES string of the molecule is CC1CC(Nc2cc(C(=O)N(C)C)ccc2N)CCO1. The fourth-order valence-corrected chi connectivity index (χ4v) is 2.42. The standard InChI is InChI=1S/C15H23N3O2/c1-10-8-12(6-7-20-10)17-14-9-11(4-5-13(14)16)15(19)18(2)3/h4-5,9-10,12,17H,6-8,16H2,1-3H3. The van der Waals surface area contributed by atoms with E-state index in [1.807, 2.05) is 6.07 Å². The Kier molecular flexibility index (Phi) is 4.49. The zero-order chi connectivity index (χ0) is 14.7. The maximum absolute atomic E-state index is 12.0. The second-order valence-electron chi connectivity index (χ2n) is 5.55. The lowest BCUT2D eigenvalue weighted by molar-refractivity contribution is 0.0232. The molecule has 1 aromatic rings. The molecule has 0 spiro atoms. The van der Waals surface area contributed by atoms with E-state index in [1.165, 1.54) is 0 Å². The number of carbonyl (C=O) groups is 1. The summed E-state index contributed by atoms with van der Waals surface area (Å²) in [6.07, 6.45) is 2.16. The monoisotopic (exact) mass is 277 g/mol. The molecule has 1 amide bonds. The van der Waals surface area contributed by atoms with Crippen LogP contribution in [0.2, 0.25) is 0 Å². The van der Waals surface area contributed by atoms with Gasteiger partial charge < -0.3 is 20.7 Å². The summed E-state index contributed by atoms with van der Waals surface area (Å²) in [6, 6.07) is 5.71. The predicted octanol–water partition coefficient (Wildman–Crippen LogP) is 1.95. The van der Waals surface area contributed by atoms with Crippen LogP contribution in [-0.4, -0.2) is 43.7 Å². The van der Waals surface area contributed by atoms with E-state index in [2.05, 4.69) is 12.2 Å². The molecule has 20 heavy (non-hydrogen) atoms. The van der Waals surface area contributed by atoms with Gasteiger partial charge in [0.1, 0.15) is 0 Å². The fourth-order valence-electron chi connectivity index (χ4n) is 2.42. The number of benzene rings is 1. The van der Waals surface area contributed by atoms with Gasteiger partial charge in [-0.2, -0.15) is 0 Å². The van der Waals surface area contributed by atoms with Gasteiger partial charge in [-0.25, -0.2) is 0 Å². The highest BCUT2D eigenvalue weighted by Crippen LogP contribution is 2.25. The van der Waals surface area contributed by atoms with Gasteiger partial charge in [0.05, 0.1) is 17.5 Å². The average Bonchev–Trinajstić information content (AvgIpc) is 2.40. The first-order valence-corrected chi connectivity index (χ1v) is 6.96. The molecule has 0 saturated carbocycles. The molecule has 110 valence electrons. The summed E-state index contributed by atoms with van der Waals surface area (Å²) in [4.78, 5) is 13.6. The number of amides is 1. The van der Waals surface area contributed by atoms with Gasteiger partial charge in [-0.05, 0) is 38.0 Å². The average molecular weight is 277 g/mol. The van der Waals surface area contributed by atoms with Gasteiger partial charge in [-0.3, -0.25) is 4.79 Å². The van der Waals surface area contributed by atoms with Gasteiger partial charge in [0.2, 0.25) is 0 Å². The van der Waals surface area contributed by atoms with Gasteiger partial charge in [-0.1, -0.05) is 0 Å². The normalized spacial score (nSPS) is 22.4. The minimum atomic E-state index is -0.0200. The van der Waals surface area contributed by atoms with Crippen molar-refractivity contribution < 1.29 is 9.53 Å². The molecule has 1 saturated heterocycles. The van der Waals surface area contributed by atoms with E-state index in [4.69, 9.17) is 10.5 Å². The fraction of sp³-hybridized carbons (Fsp3) is 0.533. The molecule has 0 radical (unpaired) electrons. The van der Waals surface area contributed by atoms with Crippen LogP contribution < -0.4 is 11.1 Å². The molecule has 0 aliphatic carbocycles. The third-order valence-electron chi connectivity index (χ3n) is 3.55. The highest BCUT2D eigenvalue weighted by molar-refractivity contribution is 5.95. The first-order valence-electron chi connectivity index (χ1n) is 6.96. The molecule has 2 atom stereocenters. The van der Waals surface area contributed by atoms with Crippen molar-refractivity contribution in [1.82, 2.24) is 4.90 Å². The Labute approximate surface area is 120 Å². The number of hydrogen-bond acceptors (Lipinski definition) is 4. The van der Waals surface area contributed by atoms with Gasteiger partial charge >= 0.3 is 0 Å². The van der Waals surface area contributed by atoms with E-state index < -0.39 is 0 Å². The molecule has 5 nitrogen and oxygen atoms in total. The van der Waals surface area contributed by atoms with E-state index in [0.717, 1.165) is 25.1 Å². The van der Waals surface area contributed by atoms with Gasteiger partial charge in [0.25, 0.3) is 5.91 Å². The Morgan fingerprint density at radius 3 is 2.85 bits per heavy atom. The Balaban J connectivity index is 2.14. The Hall–Kier alpha value is -1.75. The highest BCUT2D eigenvalue weighted by atomic mass is 16.5. The number of anilines is 2. The van der Waals surface area contributed by atoms with Crippen LogP contribution >= 0.6 is 0 Å². The van der Waals surface area contributed by atoms with Gasteiger partial charge in [-0.15, -0.1) is 0 Å². The summed E-state index contributed by atoms with van der Waals surface area (Å²) in [6.45, 7) is 2.83. The summed E-state index contributed by atoms with van der Waals surface area (Å²) in [5.41, 5.74) is 8.14. The van der Waals surface area contributed by atoms with Crippen molar-refractivity contribution in [3.63, 3.8) is 0 Å². The zero-order valence-electron chi connectivity index (χ0n) is 12.3. The number of nitrogens with two attached hydrogens (primary N) is 1. The maximum atomic E-state index is 12.0. The van der Waals surface area contributed by atoms with Crippen molar-refractivity contribution in [2.24, 2.45) is 0 Å². The van der Waals surface area contributed by atoms with Crippen LogP contribution in [0.1, 0.15) is 30.1 Å². The van der Waals surface area contributed by atoms with E-state index in [9.17, 15) is 4.79 Å². The molecule has 2 rings (SSSR count). The lowest BCUT2D eigenvalue weighted by atomic mass is 10.0. The van der Waals surface area contributed by atoms with Gasteiger partial charge in [0.15, 0.2) is 0 Å². The van der Waals surface area contributed by atoms with Crippen molar-refractivity contribution >= 4 is 17.3 Å². The van der Waals surface area contributed by atoms with E-state index in [1.54, 1.807) is 31.1 Å². The van der Waals surface area contributed by atoms with Crippen molar-refractivity contribution in [2.75, 3.05) is 31.8 Å². The molecule has 3 N–H and O–H groups in total. The number of nitrogens with zero attached hydrogens (tertiary/aromatic N) is 1. The van der Waals surface area contributed by atoms with E-state index in [0.29, 0.717) is 17.3 Å². The quantitative estimate of drug-likeness (QED) is 0.829. The summed E-state index contributed by atoms with van der Waals surface area (Å²) in [7, 11) is 3.48. The van der Waals surface area contributed by atoms with Gasteiger partial charge in [0, 0.05) is 32.3 Å². The first-order chi connectivity index (χ1) is 9.47. The predicted molar refractivity (Wildman–Crippen MR) is 80.9 cm³/mol. The molecule has 1 aliphatic heterocycles.